The summed E-state index contributed by atoms with van der Waals surface area (Å²) in [5.74, 6) is -1.84. The Morgan fingerprint density at radius 2 is 1.64 bits per heavy atom. The van der Waals surface area contributed by atoms with Crippen LogP contribution in [-0.2, 0) is 16.2 Å². The molecular formula is C30H32F3N3O6. The van der Waals surface area contributed by atoms with E-state index in [-0.39, 0.29) is 11.7 Å². The van der Waals surface area contributed by atoms with Crippen molar-refractivity contribution in [1.29, 1.82) is 0 Å². The summed E-state index contributed by atoms with van der Waals surface area (Å²) in [5, 5.41) is 19.9. The van der Waals surface area contributed by atoms with E-state index in [0.29, 0.717) is 23.6 Å². The highest BCUT2D eigenvalue weighted by molar-refractivity contribution is 6.02. The number of anilines is 2. The summed E-state index contributed by atoms with van der Waals surface area (Å²) in [6.07, 6.45) is -2.02. The largest absolute Gasteiger partial charge is 0.504 e. The Morgan fingerprint density at radius 1 is 1.00 bits per heavy atom. The van der Waals surface area contributed by atoms with Gasteiger partial charge >= 0.3 is 12.1 Å². The van der Waals surface area contributed by atoms with Crippen molar-refractivity contribution in [2.75, 3.05) is 50.6 Å². The second-order valence-corrected chi connectivity index (χ2v) is 9.29. The highest BCUT2D eigenvalue weighted by atomic mass is 19.4. The van der Waals surface area contributed by atoms with Gasteiger partial charge in [-0.3, -0.25) is 4.79 Å². The first-order valence-electron chi connectivity index (χ1n) is 12.9. The number of aromatic hydroxyl groups is 1. The number of carboxylic acid groups (broad SMARTS) is 1. The van der Waals surface area contributed by atoms with E-state index in [1.54, 1.807) is 24.3 Å². The molecule has 9 nitrogen and oxygen atoms in total. The van der Waals surface area contributed by atoms with Gasteiger partial charge in [-0.2, -0.15) is 13.2 Å². The third-order valence-corrected chi connectivity index (χ3v) is 6.25. The van der Waals surface area contributed by atoms with Crippen LogP contribution in [0.1, 0.15) is 11.1 Å². The predicted molar refractivity (Wildman–Crippen MR) is 153 cm³/mol. The number of amides is 1. The molecule has 0 atom stereocenters. The quantitative estimate of drug-likeness (QED) is 0.315. The number of phenols is 1. The summed E-state index contributed by atoms with van der Waals surface area (Å²) in [4.78, 5) is 26.1. The van der Waals surface area contributed by atoms with Crippen molar-refractivity contribution in [3.8, 4) is 17.2 Å². The zero-order chi connectivity index (χ0) is 30.7. The lowest BCUT2D eigenvalue weighted by atomic mass is 10.1. The zero-order valence-electron chi connectivity index (χ0n) is 23.1. The van der Waals surface area contributed by atoms with E-state index in [4.69, 9.17) is 19.4 Å². The van der Waals surface area contributed by atoms with E-state index in [2.05, 4.69) is 34.3 Å². The van der Waals surface area contributed by atoms with Crippen LogP contribution in [-0.4, -0.2) is 73.5 Å². The maximum atomic E-state index is 12.5. The third kappa shape index (κ3) is 9.73. The fourth-order valence-corrected chi connectivity index (χ4v) is 3.90. The van der Waals surface area contributed by atoms with Crippen LogP contribution < -0.4 is 19.7 Å². The topological polar surface area (TPSA) is 112 Å². The minimum Gasteiger partial charge on any atom is -0.504 e. The maximum absolute atomic E-state index is 12.5. The lowest BCUT2D eigenvalue weighted by Crippen LogP contribution is -2.44. The Kier molecular flexibility index (Phi) is 11.2. The number of likely N-dealkylation sites (N-methyl/N-ethyl adjacent to an activating group) is 1. The number of nitrogens with one attached hydrogen (secondary N) is 1. The second kappa shape index (κ2) is 14.8. The number of aliphatic carboxylic acids is 1. The van der Waals surface area contributed by atoms with E-state index < -0.39 is 12.1 Å². The maximum Gasteiger partial charge on any atom is 0.490 e. The van der Waals surface area contributed by atoms with Gasteiger partial charge in [-0.1, -0.05) is 24.3 Å². The Hall–Kier alpha value is -4.71. The first-order chi connectivity index (χ1) is 20.0. The van der Waals surface area contributed by atoms with Crippen molar-refractivity contribution in [3.05, 3.63) is 83.9 Å². The van der Waals surface area contributed by atoms with E-state index in [0.717, 1.165) is 37.5 Å². The number of para-hydroxylation sites is 1. The van der Waals surface area contributed by atoms with Crippen LogP contribution in [0.25, 0.3) is 6.08 Å². The number of hydrogen-bond donors (Lipinski definition) is 3. The van der Waals surface area contributed by atoms with E-state index in [1.807, 2.05) is 36.4 Å². The second-order valence-electron chi connectivity index (χ2n) is 9.29. The number of nitrogens with zero attached hydrogens (tertiary/aromatic N) is 2. The Labute approximate surface area is 241 Å². The fourth-order valence-electron chi connectivity index (χ4n) is 3.90. The fraction of sp³-hybridized carbons (Fsp3) is 0.267. The molecule has 1 aliphatic heterocycles. The van der Waals surface area contributed by atoms with Crippen LogP contribution in [0.2, 0.25) is 0 Å². The Bertz CT molecular complexity index is 1370. The molecule has 4 rings (SSSR count). The van der Waals surface area contributed by atoms with Gasteiger partial charge < -0.3 is 34.8 Å². The molecule has 224 valence electrons. The molecule has 0 radical (unpaired) electrons. The number of methoxy groups -OCH3 is 1. The summed E-state index contributed by atoms with van der Waals surface area (Å²) >= 11 is 0. The van der Waals surface area contributed by atoms with Crippen molar-refractivity contribution >= 4 is 29.3 Å². The van der Waals surface area contributed by atoms with Gasteiger partial charge in [-0.15, -0.1) is 0 Å². The molecule has 0 bridgehead atoms. The monoisotopic (exact) mass is 587 g/mol. The molecule has 0 spiro atoms. The van der Waals surface area contributed by atoms with Crippen molar-refractivity contribution in [1.82, 2.24) is 4.90 Å². The molecule has 1 heterocycles. The first kappa shape index (κ1) is 31.8. The number of phenolic OH excluding ortho intramolecular Hbond substituents is 1. The molecule has 0 aliphatic carbocycles. The molecule has 3 aromatic carbocycles. The third-order valence-electron chi connectivity index (χ3n) is 6.25. The summed E-state index contributed by atoms with van der Waals surface area (Å²) < 4.78 is 42.8. The van der Waals surface area contributed by atoms with Crippen LogP contribution in [0.3, 0.4) is 0 Å². The highest BCUT2D eigenvalue weighted by Crippen LogP contribution is 2.27. The normalized spacial score (nSPS) is 13.7. The number of benzene rings is 3. The van der Waals surface area contributed by atoms with Crippen molar-refractivity contribution in [2.24, 2.45) is 0 Å². The summed E-state index contributed by atoms with van der Waals surface area (Å²) in [6.45, 7) is 4.52. The number of carbonyl (C=O) groups is 2. The van der Waals surface area contributed by atoms with Gasteiger partial charge in [0.2, 0.25) is 5.91 Å². The molecule has 1 saturated heterocycles. The van der Waals surface area contributed by atoms with Crippen LogP contribution in [0.4, 0.5) is 24.5 Å². The standard InChI is InChI=1S/C28H31N3O4.C2HF3O2/c1-30-15-17-31(18-16-30)23-9-11-24(12-10-23)35-20-22-5-3-4-6-25(22)29-28(33)14-8-21-7-13-27(34-2)26(32)19-21;3-2(4,5)1(6)7/h3-14,19,32H,15-18,20H2,1-2H3,(H,29,33);(H,6,7). The molecule has 42 heavy (non-hydrogen) atoms. The average Bonchev–Trinajstić information content (AvgIpc) is 2.96. The molecular weight excluding hydrogens is 555 g/mol. The van der Waals surface area contributed by atoms with Crippen LogP contribution in [0.5, 0.6) is 17.2 Å². The molecule has 0 unspecified atom stereocenters. The first-order valence-corrected chi connectivity index (χ1v) is 12.9. The SMILES string of the molecule is COc1ccc(C=CC(=O)Nc2ccccc2COc2ccc(N3CCN(C)CC3)cc2)cc1O.O=C(O)C(F)(F)F. The number of carbonyl (C=O) groups excluding carboxylic acids is 1. The van der Waals surface area contributed by atoms with Gasteiger partial charge in [-0.05, 0) is 61.2 Å². The molecule has 12 heteroatoms. The Balaban J connectivity index is 0.000000616. The van der Waals surface area contributed by atoms with E-state index in [1.165, 1.54) is 18.9 Å². The molecule has 1 fully saturated rings. The summed E-state index contributed by atoms with van der Waals surface area (Å²) in [5.41, 5.74) is 3.46. The minimum absolute atomic E-state index is 0.0223. The Morgan fingerprint density at radius 3 is 2.24 bits per heavy atom. The molecule has 1 amide bonds. The van der Waals surface area contributed by atoms with Crippen LogP contribution in [0, 0.1) is 0 Å². The minimum atomic E-state index is -5.08. The van der Waals surface area contributed by atoms with E-state index >= 15 is 0 Å². The number of alkyl halides is 3. The number of piperazine rings is 1. The van der Waals surface area contributed by atoms with Gasteiger partial charge in [-0.25, -0.2) is 4.79 Å². The summed E-state index contributed by atoms with van der Waals surface area (Å²) in [7, 11) is 3.64. The number of hydrogen-bond acceptors (Lipinski definition) is 7. The predicted octanol–water partition coefficient (Wildman–Crippen LogP) is 5.02. The number of rotatable bonds is 8. The van der Waals surface area contributed by atoms with Crippen molar-refractivity contribution in [2.45, 2.75) is 12.8 Å². The van der Waals surface area contributed by atoms with Crippen molar-refractivity contribution in [3.63, 3.8) is 0 Å². The lowest BCUT2D eigenvalue weighted by Gasteiger charge is -2.34. The molecule has 3 N–H and O–H groups in total. The van der Waals surface area contributed by atoms with Crippen LogP contribution >= 0.6 is 0 Å². The summed E-state index contributed by atoms with van der Waals surface area (Å²) in [6, 6.07) is 20.7. The van der Waals surface area contributed by atoms with Gasteiger partial charge in [0.1, 0.15) is 12.4 Å². The molecule has 1 aliphatic rings. The van der Waals surface area contributed by atoms with Gasteiger partial charge in [0.05, 0.1) is 7.11 Å². The highest BCUT2D eigenvalue weighted by Gasteiger charge is 2.38. The number of carboxylic acids is 1. The van der Waals surface area contributed by atoms with Crippen molar-refractivity contribution < 1.29 is 42.4 Å². The molecule has 0 saturated carbocycles. The molecule has 0 aromatic heterocycles. The van der Waals surface area contributed by atoms with Gasteiger partial charge in [0.25, 0.3) is 0 Å². The van der Waals surface area contributed by atoms with E-state index in [9.17, 15) is 23.1 Å². The van der Waals surface area contributed by atoms with Gasteiger partial charge in [0, 0.05) is 49.2 Å². The zero-order valence-corrected chi connectivity index (χ0v) is 23.1. The number of halogens is 3. The smallest absolute Gasteiger partial charge is 0.490 e. The number of ether oxygens (including phenoxy) is 2. The van der Waals surface area contributed by atoms with Crippen LogP contribution in [0.15, 0.2) is 72.8 Å². The lowest BCUT2D eigenvalue weighted by molar-refractivity contribution is -0.192. The van der Waals surface area contributed by atoms with Gasteiger partial charge in [0.15, 0.2) is 11.5 Å². The average molecular weight is 588 g/mol. The molecule has 3 aromatic rings.